The average molecular weight is 364 g/mol. The number of carbonyl (C=O) groups is 2. The van der Waals surface area contributed by atoms with E-state index in [1.807, 2.05) is 37.3 Å². The Morgan fingerprint density at radius 1 is 1.29 bits per heavy atom. The Morgan fingerprint density at radius 3 is 2.71 bits per heavy atom. The Bertz CT molecular complexity index is 673. The molecule has 24 heavy (non-hydrogen) atoms. The summed E-state index contributed by atoms with van der Waals surface area (Å²) < 4.78 is 4.66. The van der Waals surface area contributed by atoms with Crippen molar-refractivity contribution < 1.29 is 14.3 Å². The minimum absolute atomic E-state index is 0.0699. The molecule has 0 bridgehead atoms. The summed E-state index contributed by atoms with van der Waals surface area (Å²) in [5.41, 5.74) is 0.292. The van der Waals surface area contributed by atoms with Gasteiger partial charge in [0.15, 0.2) is 5.69 Å². The number of esters is 1. The molecule has 0 aliphatic carbocycles. The maximum absolute atomic E-state index is 12.5. The van der Waals surface area contributed by atoms with Gasteiger partial charge in [-0.2, -0.15) is 0 Å². The SMILES string of the molecule is CCCN(Cc1nc(C(=O)OC)cs1)C(=O)CSc1ccccc1. The van der Waals surface area contributed by atoms with Crippen LogP contribution in [0.25, 0.3) is 0 Å². The number of amides is 1. The number of benzene rings is 1. The predicted octanol–water partition coefficient (Wildman–Crippen LogP) is 3.46. The van der Waals surface area contributed by atoms with Crippen LogP contribution in [0.5, 0.6) is 0 Å². The van der Waals surface area contributed by atoms with E-state index in [4.69, 9.17) is 0 Å². The average Bonchev–Trinajstić information content (AvgIpc) is 3.08. The third kappa shape index (κ3) is 5.35. The van der Waals surface area contributed by atoms with E-state index in [9.17, 15) is 9.59 Å². The van der Waals surface area contributed by atoms with E-state index in [-0.39, 0.29) is 5.91 Å². The second kappa shape index (κ2) is 9.44. The fraction of sp³-hybridized carbons (Fsp3) is 0.353. The van der Waals surface area contributed by atoms with Gasteiger partial charge in [-0.25, -0.2) is 9.78 Å². The highest BCUT2D eigenvalue weighted by atomic mass is 32.2. The van der Waals surface area contributed by atoms with Crippen molar-refractivity contribution in [1.29, 1.82) is 0 Å². The molecule has 1 aromatic heterocycles. The van der Waals surface area contributed by atoms with Gasteiger partial charge < -0.3 is 9.64 Å². The molecule has 1 amide bonds. The first kappa shape index (κ1) is 18.5. The Morgan fingerprint density at radius 2 is 2.04 bits per heavy atom. The van der Waals surface area contributed by atoms with Gasteiger partial charge in [0.05, 0.1) is 19.4 Å². The number of thiazole rings is 1. The summed E-state index contributed by atoms with van der Waals surface area (Å²) in [5.74, 6) is 0.00483. The quantitative estimate of drug-likeness (QED) is 0.530. The fourth-order valence-corrected chi connectivity index (χ4v) is 3.66. The number of aromatic nitrogens is 1. The van der Waals surface area contributed by atoms with Crippen LogP contribution in [0.3, 0.4) is 0 Å². The molecule has 2 rings (SSSR count). The predicted molar refractivity (Wildman–Crippen MR) is 96.3 cm³/mol. The molecule has 0 saturated heterocycles. The molecule has 0 unspecified atom stereocenters. The highest BCUT2D eigenvalue weighted by Crippen LogP contribution is 2.19. The Labute approximate surface area is 150 Å². The van der Waals surface area contributed by atoms with Crippen LogP contribution in [-0.2, 0) is 16.1 Å². The zero-order chi connectivity index (χ0) is 17.4. The van der Waals surface area contributed by atoms with E-state index < -0.39 is 5.97 Å². The standard InChI is InChI=1S/C17H20N2O3S2/c1-3-9-19(10-15-18-14(11-24-15)17(21)22-2)16(20)12-23-13-7-5-4-6-8-13/h4-8,11H,3,9-10,12H2,1-2H3. The van der Waals surface area contributed by atoms with Crippen LogP contribution in [0.4, 0.5) is 0 Å². The Balaban J connectivity index is 1.96. The molecule has 1 heterocycles. The molecule has 2 aromatic rings. The van der Waals surface area contributed by atoms with Gasteiger partial charge in [-0.1, -0.05) is 25.1 Å². The molecule has 0 radical (unpaired) electrons. The van der Waals surface area contributed by atoms with Crippen molar-refractivity contribution in [2.75, 3.05) is 19.4 Å². The lowest BCUT2D eigenvalue weighted by molar-refractivity contribution is -0.129. The van der Waals surface area contributed by atoms with E-state index in [2.05, 4.69) is 9.72 Å². The molecule has 0 atom stereocenters. The molecule has 0 fully saturated rings. The second-order valence-electron chi connectivity index (χ2n) is 5.04. The number of rotatable bonds is 8. The van der Waals surface area contributed by atoms with Crippen LogP contribution in [-0.4, -0.2) is 41.2 Å². The van der Waals surface area contributed by atoms with Crippen molar-refractivity contribution in [3.05, 3.63) is 46.4 Å². The van der Waals surface area contributed by atoms with Gasteiger partial charge in [-0.15, -0.1) is 23.1 Å². The van der Waals surface area contributed by atoms with Crippen molar-refractivity contribution in [2.45, 2.75) is 24.8 Å². The number of nitrogens with zero attached hydrogens (tertiary/aromatic N) is 2. The van der Waals surface area contributed by atoms with E-state index in [1.165, 1.54) is 30.2 Å². The molecule has 5 nitrogen and oxygen atoms in total. The number of thioether (sulfide) groups is 1. The molecule has 0 saturated carbocycles. The lowest BCUT2D eigenvalue weighted by Crippen LogP contribution is -2.32. The van der Waals surface area contributed by atoms with Crippen molar-refractivity contribution >= 4 is 35.0 Å². The van der Waals surface area contributed by atoms with Gasteiger partial charge in [0, 0.05) is 16.8 Å². The molecule has 0 aliphatic heterocycles. The molecular formula is C17H20N2O3S2. The van der Waals surface area contributed by atoms with Crippen molar-refractivity contribution in [2.24, 2.45) is 0 Å². The normalized spacial score (nSPS) is 10.4. The first-order valence-corrected chi connectivity index (χ1v) is 9.49. The highest BCUT2D eigenvalue weighted by molar-refractivity contribution is 8.00. The van der Waals surface area contributed by atoms with Crippen molar-refractivity contribution in [1.82, 2.24) is 9.88 Å². The minimum Gasteiger partial charge on any atom is -0.464 e. The summed E-state index contributed by atoms with van der Waals surface area (Å²) in [6, 6.07) is 9.86. The van der Waals surface area contributed by atoms with Gasteiger partial charge in [0.2, 0.25) is 5.91 Å². The molecular weight excluding hydrogens is 344 g/mol. The summed E-state index contributed by atoms with van der Waals surface area (Å²) in [4.78, 5) is 31.1. The van der Waals surface area contributed by atoms with Crippen molar-refractivity contribution in [3.8, 4) is 0 Å². The van der Waals surface area contributed by atoms with Crippen molar-refractivity contribution in [3.63, 3.8) is 0 Å². The molecule has 1 aromatic carbocycles. The van der Waals surface area contributed by atoms with Crippen LogP contribution in [0, 0.1) is 0 Å². The van der Waals surface area contributed by atoms with E-state index >= 15 is 0 Å². The second-order valence-corrected chi connectivity index (χ2v) is 7.03. The van der Waals surface area contributed by atoms with Gasteiger partial charge in [0.25, 0.3) is 0 Å². The molecule has 7 heteroatoms. The van der Waals surface area contributed by atoms with Crippen LogP contribution < -0.4 is 0 Å². The number of ether oxygens (including phenoxy) is 1. The number of carbonyl (C=O) groups excluding carboxylic acids is 2. The number of methoxy groups -OCH3 is 1. The first-order chi connectivity index (χ1) is 11.6. The summed E-state index contributed by atoms with van der Waals surface area (Å²) in [6.45, 7) is 3.12. The Kier molecular flexibility index (Phi) is 7.27. The maximum atomic E-state index is 12.5. The largest absolute Gasteiger partial charge is 0.464 e. The molecule has 0 aliphatic rings. The monoisotopic (exact) mass is 364 g/mol. The van der Waals surface area contributed by atoms with Gasteiger partial charge >= 0.3 is 5.97 Å². The molecule has 128 valence electrons. The Hall–Kier alpha value is -1.86. The fourth-order valence-electron chi connectivity index (χ4n) is 2.06. The lowest BCUT2D eigenvalue weighted by atomic mass is 10.4. The van der Waals surface area contributed by atoms with E-state index in [0.29, 0.717) is 24.5 Å². The maximum Gasteiger partial charge on any atom is 0.357 e. The molecule has 0 spiro atoms. The summed E-state index contributed by atoms with van der Waals surface area (Å²) in [6.07, 6.45) is 0.872. The number of hydrogen-bond donors (Lipinski definition) is 0. The zero-order valence-electron chi connectivity index (χ0n) is 13.7. The summed E-state index contributed by atoms with van der Waals surface area (Å²) in [5, 5.41) is 2.40. The summed E-state index contributed by atoms with van der Waals surface area (Å²) >= 11 is 2.89. The first-order valence-electron chi connectivity index (χ1n) is 7.62. The third-order valence-electron chi connectivity index (χ3n) is 3.22. The van der Waals surface area contributed by atoms with Crippen LogP contribution in [0.1, 0.15) is 28.8 Å². The highest BCUT2D eigenvalue weighted by Gasteiger charge is 2.17. The number of hydrogen-bond acceptors (Lipinski definition) is 6. The topological polar surface area (TPSA) is 59.5 Å². The van der Waals surface area contributed by atoms with Gasteiger partial charge in [-0.05, 0) is 18.6 Å². The van der Waals surface area contributed by atoms with Crippen LogP contribution >= 0.6 is 23.1 Å². The minimum atomic E-state index is -0.453. The van der Waals surface area contributed by atoms with Crippen LogP contribution in [0.2, 0.25) is 0 Å². The molecule has 0 N–H and O–H groups in total. The summed E-state index contributed by atoms with van der Waals surface area (Å²) in [7, 11) is 1.33. The van der Waals surface area contributed by atoms with E-state index in [1.54, 1.807) is 10.3 Å². The van der Waals surface area contributed by atoms with Crippen LogP contribution in [0.15, 0.2) is 40.6 Å². The third-order valence-corrected chi connectivity index (χ3v) is 5.05. The van der Waals surface area contributed by atoms with E-state index in [0.717, 1.165) is 16.3 Å². The smallest absolute Gasteiger partial charge is 0.357 e. The lowest BCUT2D eigenvalue weighted by Gasteiger charge is -2.20. The van der Waals surface area contributed by atoms with Gasteiger partial charge in [-0.3, -0.25) is 4.79 Å². The van der Waals surface area contributed by atoms with Gasteiger partial charge in [0.1, 0.15) is 5.01 Å². The zero-order valence-corrected chi connectivity index (χ0v) is 15.4.